The molecule has 0 aliphatic carbocycles. The molecule has 1 aliphatic heterocycles. The Morgan fingerprint density at radius 2 is 1.78 bits per heavy atom. The van der Waals surface area contributed by atoms with Gasteiger partial charge in [0.25, 0.3) is 11.8 Å². The molecule has 4 N–H and O–H groups in total. The lowest BCUT2D eigenvalue weighted by Gasteiger charge is -2.13. The molecule has 7 nitrogen and oxygen atoms in total. The van der Waals surface area contributed by atoms with Gasteiger partial charge in [0.1, 0.15) is 17.5 Å². The van der Waals surface area contributed by atoms with Crippen molar-refractivity contribution in [2.45, 2.75) is 26.9 Å². The first-order chi connectivity index (χ1) is 17.9. The molecule has 0 unspecified atom stereocenters. The molecule has 0 spiro atoms. The largest absolute Gasteiger partial charge is 0.348 e. The molecule has 0 atom stereocenters. The molecule has 0 saturated carbocycles. The van der Waals surface area contributed by atoms with E-state index in [-0.39, 0.29) is 29.3 Å². The number of aryl methyl sites for hydroxylation is 1. The van der Waals surface area contributed by atoms with Gasteiger partial charge in [0.15, 0.2) is 0 Å². The number of imidazole rings is 1. The summed E-state index contributed by atoms with van der Waals surface area (Å²) in [4.78, 5) is 33.1. The maximum absolute atomic E-state index is 15.3. The molecule has 9 heteroatoms. The van der Waals surface area contributed by atoms with Gasteiger partial charge >= 0.3 is 0 Å². The molecule has 0 radical (unpaired) electrons. The SMILES string of the molecule is CCNCc1nc(-c2ccc(-c3ccc(NC(=O)c4ccccc4F)cc3F)c3c2C(=O)NC3)[nH]c1C. The molecule has 0 fully saturated rings. The minimum absolute atomic E-state index is 0.133. The van der Waals surface area contributed by atoms with Crippen LogP contribution in [0.4, 0.5) is 14.5 Å². The van der Waals surface area contributed by atoms with E-state index >= 15 is 4.39 Å². The number of nitrogens with one attached hydrogen (secondary N) is 4. The monoisotopic (exact) mass is 501 g/mol. The van der Waals surface area contributed by atoms with Crippen molar-refractivity contribution >= 4 is 17.5 Å². The summed E-state index contributed by atoms with van der Waals surface area (Å²) in [5.74, 6) is -1.58. The zero-order valence-electron chi connectivity index (χ0n) is 20.3. The third-order valence-corrected chi connectivity index (χ3v) is 6.38. The van der Waals surface area contributed by atoms with Crippen LogP contribution in [-0.2, 0) is 13.1 Å². The van der Waals surface area contributed by atoms with Gasteiger partial charge in [-0.1, -0.05) is 25.1 Å². The molecule has 188 valence electrons. The minimum Gasteiger partial charge on any atom is -0.348 e. The Kier molecular flexibility index (Phi) is 6.54. The van der Waals surface area contributed by atoms with Crippen LogP contribution in [0.1, 0.15) is 44.6 Å². The smallest absolute Gasteiger partial charge is 0.258 e. The van der Waals surface area contributed by atoms with Crippen LogP contribution in [0.3, 0.4) is 0 Å². The Hall–Kier alpha value is -4.37. The molecule has 3 aromatic carbocycles. The van der Waals surface area contributed by atoms with E-state index in [2.05, 4.69) is 25.9 Å². The first kappa shape index (κ1) is 24.3. The molecule has 5 rings (SSSR count). The fourth-order valence-electron chi connectivity index (χ4n) is 4.49. The van der Waals surface area contributed by atoms with Crippen molar-refractivity contribution in [3.05, 3.63) is 94.3 Å². The van der Waals surface area contributed by atoms with Gasteiger partial charge in [0.05, 0.1) is 16.8 Å². The zero-order chi connectivity index (χ0) is 26.1. The number of carbonyl (C=O) groups is 2. The Labute approximate surface area is 212 Å². The van der Waals surface area contributed by atoms with Crippen LogP contribution < -0.4 is 16.0 Å². The number of H-pyrrole nitrogens is 1. The van der Waals surface area contributed by atoms with Crippen LogP contribution in [0.15, 0.2) is 54.6 Å². The van der Waals surface area contributed by atoms with Gasteiger partial charge in [-0.3, -0.25) is 9.59 Å². The first-order valence-corrected chi connectivity index (χ1v) is 11.9. The predicted molar refractivity (Wildman–Crippen MR) is 137 cm³/mol. The van der Waals surface area contributed by atoms with E-state index in [4.69, 9.17) is 0 Å². The number of hydrogen-bond acceptors (Lipinski definition) is 4. The summed E-state index contributed by atoms with van der Waals surface area (Å²) < 4.78 is 29.2. The molecular formula is C28H25F2N5O2. The van der Waals surface area contributed by atoms with Crippen LogP contribution in [0.2, 0.25) is 0 Å². The molecule has 2 heterocycles. The van der Waals surface area contributed by atoms with Crippen molar-refractivity contribution in [2.24, 2.45) is 0 Å². The lowest BCUT2D eigenvalue weighted by molar-refractivity contribution is 0.0965. The average molecular weight is 502 g/mol. The summed E-state index contributed by atoms with van der Waals surface area (Å²) in [5, 5.41) is 8.61. The van der Waals surface area contributed by atoms with E-state index in [1.54, 1.807) is 24.3 Å². The third kappa shape index (κ3) is 4.61. The second-order valence-corrected chi connectivity index (χ2v) is 8.76. The standard InChI is InChI=1S/C28H25F2N5O2/c1-3-31-14-24-15(2)33-26(35-24)20-11-10-17(21-13-32-28(37)25(20)21)18-9-8-16(12-23(18)30)34-27(36)19-6-4-5-7-22(19)29/h4-12,31H,3,13-14H2,1-2H3,(H,32,37)(H,33,35)(H,34,36). The van der Waals surface area contributed by atoms with Crippen molar-refractivity contribution in [3.63, 3.8) is 0 Å². The van der Waals surface area contributed by atoms with Crippen LogP contribution in [-0.4, -0.2) is 28.3 Å². The van der Waals surface area contributed by atoms with Crippen molar-refractivity contribution in [1.29, 1.82) is 0 Å². The maximum atomic E-state index is 15.3. The minimum atomic E-state index is -0.674. The lowest BCUT2D eigenvalue weighted by atomic mass is 9.92. The number of aromatic amines is 1. The maximum Gasteiger partial charge on any atom is 0.258 e. The van der Waals surface area contributed by atoms with Gasteiger partial charge in [-0.2, -0.15) is 0 Å². The van der Waals surface area contributed by atoms with Crippen LogP contribution in [0, 0.1) is 18.6 Å². The number of hydrogen-bond donors (Lipinski definition) is 4. The van der Waals surface area contributed by atoms with Crippen LogP contribution in [0.25, 0.3) is 22.5 Å². The number of aromatic nitrogens is 2. The van der Waals surface area contributed by atoms with E-state index in [1.807, 2.05) is 13.8 Å². The molecule has 0 saturated heterocycles. The van der Waals surface area contributed by atoms with Gasteiger partial charge in [-0.25, -0.2) is 13.8 Å². The van der Waals surface area contributed by atoms with Crippen LogP contribution in [0.5, 0.6) is 0 Å². The Morgan fingerprint density at radius 1 is 1.03 bits per heavy atom. The quantitative estimate of drug-likeness (QED) is 0.288. The number of halogens is 2. The second-order valence-electron chi connectivity index (χ2n) is 8.76. The first-order valence-electron chi connectivity index (χ1n) is 11.9. The highest BCUT2D eigenvalue weighted by Crippen LogP contribution is 2.37. The van der Waals surface area contributed by atoms with E-state index in [1.165, 1.54) is 30.3 Å². The second kappa shape index (κ2) is 9.94. The van der Waals surface area contributed by atoms with Crippen molar-refractivity contribution in [1.82, 2.24) is 20.6 Å². The lowest BCUT2D eigenvalue weighted by Crippen LogP contribution is -2.13. The highest BCUT2D eigenvalue weighted by Gasteiger charge is 2.28. The van der Waals surface area contributed by atoms with Gasteiger partial charge < -0.3 is 20.9 Å². The number of rotatable bonds is 7. The fraction of sp³-hybridized carbons (Fsp3) is 0.179. The van der Waals surface area contributed by atoms with Gasteiger partial charge in [-0.05, 0) is 61.0 Å². The number of benzene rings is 3. The molecule has 0 bridgehead atoms. The van der Waals surface area contributed by atoms with E-state index < -0.39 is 17.5 Å². The van der Waals surface area contributed by atoms with E-state index in [9.17, 15) is 14.0 Å². The highest BCUT2D eigenvalue weighted by atomic mass is 19.1. The van der Waals surface area contributed by atoms with Crippen molar-refractivity contribution in [2.75, 3.05) is 11.9 Å². The van der Waals surface area contributed by atoms with Gasteiger partial charge in [-0.15, -0.1) is 0 Å². The average Bonchev–Trinajstić information content (AvgIpc) is 3.45. The molecular weight excluding hydrogens is 476 g/mol. The molecule has 2 amide bonds. The van der Waals surface area contributed by atoms with Gasteiger partial charge in [0, 0.05) is 35.6 Å². The summed E-state index contributed by atoms with van der Waals surface area (Å²) >= 11 is 0. The number of carbonyl (C=O) groups excluding carboxylic acids is 2. The Morgan fingerprint density at radius 3 is 2.54 bits per heavy atom. The van der Waals surface area contributed by atoms with Crippen LogP contribution >= 0.6 is 0 Å². The summed E-state index contributed by atoms with van der Waals surface area (Å²) in [5.41, 5.74) is 4.46. The summed E-state index contributed by atoms with van der Waals surface area (Å²) in [6.07, 6.45) is 0. The van der Waals surface area contributed by atoms with Crippen molar-refractivity contribution < 1.29 is 18.4 Å². The summed E-state index contributed by atoms with van der Waals surface area (Å²) in [6.45, 7) is 5.62. The number of fused-ring (bicyclic) bond motifs is 1. The van der Waals surface area contributed by atoms with E-state index in [0.717, 1.165) is 17.9 Å². The predicted octanol–water partition coefficient (Wildman–Crippen LogP) is 4.94. The zero-order valence-corrected chi connectivity index (χ0v) is 20.3. The normalized spacial score (nSPS) is 12.4. The Balaban J connectivity index is 1.48. The molecule has 1 aliphatic rings. The van der Waals surface area contributed by atoms with Gasteiger partial charge in [0.2, 0.25) is 0 Å². The van der Waals surface area contributed by atoms with Crippen molar-refractivity contribution in [3.8, 4) is 22.5 Å². The number of anilines is 1. The number of amides is 2. The van der Waals surface area contributed by atoms with E-state index in [0.29, 0.717) is 34.6 Å². The summed E-state index contributed by atoms with van der Waals surface area (Å²) in [7, 11) is 0. The summed E-state index contributed by atoms with van der Waals surface area (Å²) in [6, 6.07) is 13.4. The topological polar surface area (TPSA) is 98.9 Å². The third-order valence-electron chi connectivity index (χ3n) is 6.38. The highest BCUT2D eigenvalue weighted by molar-refractivity contribution is 6.06. The molecule has 37 heavy (non-hydrogen) atoms. The molecule has 1 aromatic heterocycles. The Bertz CT molecular complexity index is 1530. The fourth-order valence-corrected chi connectivity index (χ4v) is 4.49. The molecule has 4 aromatic rings. The number of nitrogens with zero attached hydrogens (tertiary/aromatic N) is 1.